The summed E-state index contributed by atoms with van der Waals surface area (Å²) >= 11 is 6.05. The number of likely N-dealkylation sites (N-methyl/N-ethyl adjacent to an activating group) is 1. The molecule has 34 heavy (non-hydrogen) atoms. The lowest BCUT2D eigenvalue weighted by molar-refractivity contribution is -0.130. The monoisotopic (exact) mass is 483 g/mol. The maximum Gasteiger partial charge on any atom is 0.259 e. The minimum absolute atomic E-state index is 0.168. The van der Waals surface area contributed by atoms with Gasteiger partial charge in [-0.1, -0.05) is 23.7 Å². The zero-order valence-corrected chi connectivity index (χ0v) is 20.3. The van der Waals surface area contributed by atoms with Crippen LogP contribution >= 0.6 is 11.6 Å². The van der Waals surface area contributed by atoms with Crippen molar-refractivity contribution in [3.63, 3.8) is 0 Å². The van der Waals surface area contributed by atoms with Crippen LogP contribution in [-0.2, 0) is 11.3 Å². The Labute approximate surface area is 205 Å². The van der Waals surface area contributed by atoms with Crippen LogP contribution in [0.1, 0.15) is 21.5 Å². The fourth-order valence-corrected chi connectivity index (χ4v) is 3.83. The number of benzene rings is 2. The zero-order valence-electron chi connectivity index (χ0n) is 19.6. The third-order valence-electron chi connectivity index (χ3n) is 5.68. The summed E-state index contributed by atoms with van der Waals surface area (Å²) in [4.78, 5) is 30.7. The van der Waals surface area contributed by atoms with Crippen LogP contribution in [0.5, 0.6) is 5.75 Å². The van der Waals surface area contributed by atoms with E-state index in [2.05, 4.69) is 21.2 Å². The van der Waals surface area contributed by atoms with Crippen LogP contribution in [0.3, 0.4) is 0 Å². The van der Waals surface area contributed by atoms with Gasteiger partial charge < -0.3 is 15.0 Å². The Bertz CT molecular complexity index is 1050. The molecule has 0 spiro atoms. The fourth-order valence-electron chi connectivity index (χ4n) is 3.66. The molecule has 0 aliphatic carbocycles. The number of hydrogen-bond acceptors (Lipinski definition) is 6. The molecule has 1 heterocycles. The third kappa shape index (κ3) is 7.45. The van der Waals surface area contributed by atoms with Gasteiger partial charge in [-0.15, -0.1) is 0 Å². The van der Waals surface area contributed by atoms with Crippen LogP contribution in [0.15, 0.2) is 42.5 Å². The average molecular weight is 484 g/mol. The van der Waals surface area contributed by atoms with Gasteiger partial charge in [0.2, 0.25) is 0 Å². The molecule has 1 aliphatic heterocycles. The van der Waals surface area contributed by atoms with E-state index in [1.54, 1.807) is 32.3 Å². The molecule has 0 bridgehead atoms. The third-order valence-corrected chi connectivity index (χ3v) is 5.91. The largest absolute Gasteiger partial charge is 0.483 e. The first-order valence-corrected chi connectivity index (χ1v) is 11.6. The standard InChI is InChI=1S/C25H30ClN5O3/c1-29(2)24(32)18-34-23-15-21(26)6-7-22(23)25(33)28-8-9-30-10-12-31(13-11-30)17-20-5-3-4-19(14-20)16-27/h3-7,14-15H,8-13,17-18H2,1-2H3,(H,28,33). The van der Waals surface area contributed by atoms with Crippen LogP contribution in [0.25, 0.3) is 0 Å². The number of ether oxygens (including phenoxy) is 1. The highest BCUT2D eigenvalue weighted by atomic mass is 35.5. The molecule has 1 aliphatic rings. The van der Waals surface area contributed by atoms with E-state index in [-0.39, 0.29) is 24.2 Å². The molecule has 0 saturated carbocycles. The second-order valence-corrected chi connectivity index (χ2v) is 8.84. The molecule has 1 saturated heterocycles. The first kappa shape index (κ1) is 25.5. The molecule has 2 aromatic rings. The van der Waals surface area contributed by atoms with Crippen molar-refractivity contribution >= 4 is 23.4 Å². The Balaban J connectivity index is 1.44. The summed E-state index contributed by atoms with van der Waals surface area (Å²) in [5.74, 6) is -0.183. The van der Waals surface area contributed by atoms with Gasteiger partial charge in [-0.25, -0.2) is 0 Å². The van der Waals surface area contributed by atoms with Gasteiger partial charge in [0.1, 0.15) is 5.75 Å². The quantitative estimate of drug-likeness (QED) is 0.588. The smallest absolute Gasteiger partial charge is 0.259 e. The Hall–Kier alpha value is -3.12. The maximum atomic E-state index is 12.7. The van der Waals surface area contributed by atoms with E-state index in [9.17, 15) is 9.59 Å². The van der Waals surface area contributed by atoms with Crippen molar-refractivity contribution in [1.29, 1.82) is 5.26 Å². The van der Waals surface area contributed by atoms with Crippen molar-refractivity contribution in [3.8, 4) is 11.8 Å². The summed E-state index contributed by atoms with van der Waals surface area (Å²) in [5, 5.41) is 12.4. The Morgan fingerprint density at radius 1 is 1.12 bits per heavy atom. The molecule has 2 aromatic carbocycles. The van der Waals surface area contributed by atoms with E-state index in [1.807, 2.05) is 24.3 Å². The first-order valence-electron chi connectivity index (χ1n) is 11.2. The molecule has 8 nitrogen and oxygen atoms in total. The predicted octanol–water partition coefficient (Wildman–Crippen LogP) is 2.23. The number of carbonyl (C=O) groups is 2. The number of amides is 2. The summed E-state index contributed by atoms with van der Waals surface area (Å²) in [6.45, 7) is 5.59. The van der Waals surface area contributed by atoms with E-state index in [0.29, 0.717) is 22.7 Å². The van der Waals surface area contributed by atoms with Crippen molar-refractivity contribution < 1.29 is 14.3 Å². The molecule has 0 atom stereocenters. The van der Waals surface area contributed by atoms with Crippen molar-refractivity contribution in [2.24, 2.45) is 0 Å². The van der Waals surface area contributed by atoms with Gasteiger partial charge in [-0.3, -0.25) is 19.4 Å². The summed E-state index contributed by atoms with van der Waals surface area (Å²) in [6, 6.07) is 14.7. The van der Waals surface area contributed by atoms with Gasteiger partial charge in [-0.2, -0.15) is 5.26 Å². The Morgan fingerprint density at radius 2 is 1.85 bits per heavy atom. The molecular formula is C25H30ClN5O3. The minimum Gasteiger partial charge on any atom is -0.483 e. The van der Waals surface area contributed by atoms with Crippen LogP contribution in [0, 0.1) is 11.3 Å². The lowest BCUT2D eigenvalue weighted by Crippen LogP contribution is -2.48. The van der Waals surface area contributed by atoms with Gasteiger partial charge in [0, 0.05) is 64.9 Å². The summed E-state index contributed by atoms with van der Waals surface area (Å²) in [6.07, 6.45) is 0. The topological polar surface area (TPSA) is 88.9 Å². The van der Waals surface area contributed by atoms with Crippen molar-refractivity contribution in [2.75, 3.05) is 60.0 Å². The number of carbonyl (C=O) groups excluding carboxylic acids is 2. The number of nitriles is 1. The SMILES string of the molecule is CN(C)C(=O)COc1cc(Cl)ccc1C(=O)NCCN1CCN(Cc2cccc(C#N)c2)CC1. The van der Waals surface area contributed by atoms with Gasteiger partial charge in [-0.05, 0) is 35.9 Å². The molecule has 9 heteroatoms. The molecular weight excluding hydrogens is 454 g/mol. The van der Waals surface area contributed by atoms with Crippen LogP contribution in [-0.4, -0.2) is 86.5 Å². The molecule has 0 aromatic heterocycles. The number of nitrogens with one attached hydrogen (secondary N) is 1. The molecule has 1 fully saturated rings. The number of halogens is 1. The number of hydrogen-bond donors (Lipinski definition) is 1. The molecule has 180 valence electrons. The van der Waals surface area contributed by atoms with E-state index in [1.165, 1.54) is 4.90 Å². The van der Waals surface area contributed by atoms with Gasteiger partial charge in [0.15, 0.2) is 6.61 Å². The number of nitrogens with zero attached hydrogens (tertiary/aromatic N) is 4. The lowest BCUT2D eigenvalue weighted by atomic mass is 10.1. The molecule has 0 radical (unpaired) electrons. The molecule has 2 amide bonds. The van der Waals surface area contributed by atoms with Crippen LogP contribution in [0.2, 0.25) is 5.02 Å². The summed E-state index contributed by atoms with van der Waals surface area (Å²) in [7, 11) is 3.28. The normalized spacial score (nSPS) is 14.3. The van der Waals surface area contributed by atoms with E-state index in [0.717, 1.165) is 44.8 Å². The van der Waals surface area contributed by atoms with E-state index >= 15 is 0 Å². The highest BCUT2D eigenvalue weighted by Crippen LogP contribution is 2.23. The fraction of sp³-hybridized carbons (Fsp3) is 0.400. The van der Waals surface area contributed by atoms with E-state index in [4.69, 9.17) is 21.6 Å². The van der Waals surface area contributed by atoms with Crippen LogP contribution < -0.4 is 10.1 Å². The predicted molar refractivity (Wildman–Crippen MR) is 131 cm³/mol. The summed E-state index contributed by atoms with van der Waals surface area (Å²) in [5.41, 5.74) is 2.18. The minimum atomic E-state index is -0.264. The van der Waals surface area contributed by atoms with Gasteiger partial charge >= 0.3 is 0 Å². The number of rotatable bonds is 9. The van der Waals surface area contributed by atoms with Crippen molar-refractivity contribution in [1.82, 2.24) is 20.0 Å². The zero-order chi connectivity index (χ0) is 24.5. The van der Waals surface area contributed by atoms with Gasteiger partial charge in [0.25, 0.3) is 11.8 Å². The number of piperazine rings is 1. The van der Waals surface area contributed by atoms with Crippen molar-refractivity contribution in [2.45, 2.75) is 6.54 Å². The Morgan fingerprint density at radius 3 is 2.56 bits per heavy atom. The second kappa shape index (κ2) is 12.4. The second-order valence-electron chi connectivity index (χ2n) is 8.40. The van der Waals surface area contributed by atoms with Crippen LogP contribution in [0.4, 0.5) is 0 Å². The van der Waals surface area contributed by atoms with Crippen molar-refractivity contribution in [3.05, 3.63) is 64.2 Å². The van der Waals surface area contributed by atoms with E-state index < -0.39 is 0 Å². The van der Waals surface area contributed by atoms with Gasteiger partial charge in [0.05, 0.1) is 17.2 Å². The average Bonchev–Trinajstić information content (AvgIpc) is 2.83. The first-order chi connectivity index (χ1) is 16.4. The Kier molecular flexibility index (Phi) is 9.28. The lowest BCUT2D eigenvalue weighted by Gasteiger charge is -2.34. The molecule has 1 N–H and O–H groups in total. The highest BCUT2D eigenvalue weighted by molar-refractivity contribution is 6.30. The maximum absolute atomic E-state index is 12.7. The summed E-state index contributed by atoms with van der Waals surface area (Å²) < 4.78 is 5.56. The molecule has 3 rings (SSSR count). The molecule has 0 unspecified atom stereocenters. The highest BCUT2D eigenvalue weighted by Gasteiger charge is 2.18.